The molecule has 0 spiro atoms. The first-order valence-corrected chi connectivity index (χ1v) is 8.54. The number of nitrogens with zero attached hydrogens (tertiary/aromatic N) is 4. The summed E-state index contributed by atoms with van der Waals surface area (Å²) in [7, 11) is 0. The van der Waals surface area contributed by atoms with Crippen LogP contribution in [0.4, 0.5) is 5.13 Å². The van der Waals surface area contributed by atoms with Gasteiger partial charge in [0, 0.05) is 43.5 Å². The molecule has 2 N–H and O–H groups in total. The van der Waals surface area contributed by atoms with E-state index in [2.05, 4.69) is 20.2 Å². The van der Waals surface area contributed by atoms with Gasteiger partial charge in [-0.3, -0.25) is 4.79 Å². The van der Waals surface area contributed by atoms with Gasteiger partial charge in [-0.1, -0.05) is 0 Å². The van der Waals surface area contributed by atoms with Crippen LogP contribution < -0.4 is 10.6 Å². The number of anilines is 1. The second kappa shape index (κ2) is 6.08. The summed E-state index contributed by atoms with van der Waals surface area (Å²) in [6, 6.07) is 0. The van der Waals surface area contributed by atoms with Crippen LogP contribution in [0.1, 0.15) is 21.2 Å². The SMILES string of the molecule is Cc1csc(N2CCN(C(=O)c3csc(CN)n3)CC2)n1. The topological polar surface area (TPSA) is 75.3 Å². The molecule has 112 valence electrons. The molecule has 1 saturated heterocycles. The van der Waals surface area contributed by atoms with E-state index in [-0.39, 0.29) is 5.91 Å². The minimum absolute atomic E-state index is 0.000851. The number of hydrogen-bond donors (Lipinski definition) is 1. The van der Waals surface area contributed by atoms with Crippen molar-refractivity contribution in [3.8, 4) is 0 Å². The molecular formula is C13H17N5OS2. The zero-order chi connectivity index (χ0) is 14.8. The van der Waals surface area contributed by atoms with Crippen LogP contribution >= 0.6 is 22.7 Å². The van der Waals surface area contributed by atoms with E-state index in [4.69, 9.17) is 5.73 Å². The number of aromatic nitrogens is 2. The predicted octanol–water partition coefficient (Wildman–Crippen LogP) is 1.33. The highest BCUT2D eigenvalue weighted by atomic mass is 32.1. The average Bonchev–Trinajstić information content (AvgIpc) is 3.15. The van der Waals surface area contributed by atoms with Gasteiger partial charge in [-0.2, -0.15) is 0 Å². The van der Waals surface area contributed by atoms with Crippen LogP contribution in [0.15, 0.2) is 10.8 Å². The van der Waals surface area contributed by atoms with Crippen LogP contribution in [0.2, 0.25) is 0 Å². The van der Waals surface area contributed by atoms with Crippen molar-refractivity contribution in [3.05, 3.63) is 27.2 Å². The molecule has 0 aliphatic carbocycles. The van der Waals surface area contributed by atoms with Crippen LogP contribution in [0.5, 0.6) is 0 Å². The van der Waals surface area contributed by atoms with E-state index >= 15 is 0 Å². The molecule has 6 nitrogen and oxygen atoms in total. The number of nitrogens with two attached hydrogens (primary N) is 1. The third-order valence-corrected chi connectivity index (χ3v) is 5.28. The molecule has 0 saturated carbocycles. The summed E-state index contributed by atoms with van der Waals surface area (Å²) >= 11 is 3.09. The maximum absolute atomic E-state index is 12.4. The van der Waals surface area contributed by atoms with Crippen molar-refractivity contribution < 1.29 is 4.79 Å². The van der Waals surface area contributed by atoms with Gasteiger partial charge >= 0.3 is 0 Å². The molecule has 0 radical (unpaired) electrons. The number of carbonyl (C=O) groups is 1. The third kappa shape index (κ3) is 3.07. The van der Waals surface area contributed by atoms with E-state index in [1.54, 1.807) is 16.7 Å². The lowest BCUT2D eigenvalue weighted by atomic mass is 10.3. The molecule has 1 fully saturated rings. The fourth-order valence-corrected chi connectivity index (χ4v) is 3.76. The molecule has 8 heteroatoms. The molecule has 1 amide bonds. The highest BCUT2D eigenvalue weighted by Crippen LogP contribution is 2.22. The van der Waals surface area contributed by atoms with Crippen LogP contribution in [-0.4, -0.2) is 47.0 Å². The van der Waals surface area contributed by atoms with Crippen LogP contribution in [0.3, 0.4) is 0 Å². The Kier molecular flexibility index (Phi) is 4.18. The molecule has 3 rings (SSSR count). The highest BCUT2D eigenvalue weighted by molar-refractivity contribution is 7.13. The molecule has 1 aliphatic rings. The maximum Gasteiger partial charge on any atom is 0.273 e. The van der Waals surface area contributed by atoms with Crippen molar-refractivity contribution in [2.75, 3.05) is 31.1 Å². The van der Waals surface area contributed by atoms with Gasteiger partial charge in [0.2, 0.25) is 0 Å². The highest BCUT2D eigenvalue weighted by Gasteiger charge is 2.24. The van der Waals surface area contributed by atoms with E-state index in [1.165, 1.54) is 11.3 Å². The Morgan fingerprint density at radius 2 is 2.00 bits per heavy atom. The van der Waals surface area contributed by atoms with E-state index in [0.717, 1.165) is 28.9 Å². The predicted molar refractivity (Wildman–Crippen MR) is 85.0 cm³/mol. The van der Waals surface area contributed by atoms with E-state index < -0.39 is 0 Å². The zero-order valence-corrected chi connectivity index (χ0v) is 13.4. The first kappa shape index (κ1) is 14.4. The number of amides is 1. The van der Waals surface area contributed by atoms with Crippen molar-refractivity contribution in [2.45, 2.75) is 13.5 Å². The summed E-state index contributed by atoms with van der Waals surface area (Å²) in [6.45, 7) is 5.41. The average molecular weight is 323 g/mol. The largest absolute Gasteiger partial charge is 0.345 e. The minimum Gasteiger partial charge on any atom is -0.345 e. The number of carbonyl (C=O) groups excluding carboxylic acids is 1. The van der Waals surface area contributed by atoms with Crippen molar-refractivity contribution in [1.29, 1.82) is 0 Å². The first-order valence-electron chi connectivity index (χ1n) is 6.78. The van der Waals surface area contributed by atoms with E-state index in [1.807, 2.05) is 11.8 Å². The lowest BCUT2D eigenvalue weighted by molar-refractivity contribution is 0.0741. The van der Waals surface area contributed by atoms with Gasteiger partial charge in [0.05, 0.1) is 5.69 Å². The van der Waals surface area contributed by atoms with Gasteiger partial charge in [0.25, 0.3) is 5.91 Å². The van der Waals surface area contributed by atoms with Gasteiger partial charge in [-0.15, -0.1) is 22.7 Å². The Labute approximate surface area is 131 Å². The van der Waals surface area contributed by atoms with Gasteiger partial charge in [0.15, 0.2) is 5.13 Å². The number of piperazine rings is 1. The fourth-order valence-electron chi connectivity index (χ4n) is 2.25. The molecule has 2 aromatic rings. The molecular weight excluding hydrogens is 306 g/mol. The number of hydrogen-bond acceptors (Lipinski definition) is 7. The molecule has 21 heavy (non-hydrogen) atoms. The summed E-state index contributed by atoms with van der Waals surface area (Å²) in [5, 5.41) is 5.69. The summed E-state index contributed by atoms with van der Waals surface area (Å²) in [5.74, 6) is 0.000851. The summed E-state index contributed by atoms with van der Waals surface area (Å²) in [5.41, 5.74) is 7.10. The molecule has 2 aromatic heterocycles. The van der Waals surface area contributed by atoms with E-state index in [9.17, 15) is 4.79 Å². The number of aryl methyl sites for hydroxylation is 1. The molecule has 0 aromatic carbocycles. The Balaban J connectivity index is 1.61. The molecule has 3 heterocycles. The lowest BCUT2D eigenvalue weighted by Gasteiger charge is -2.34. The van der Waals surface area contributed by atoms with Gasteiger partial charge in [-0.05, 0) is 6.92 Å². The monoisotopic (exact) mass is 323 g/mol. The second-order valence-corrected chi connectivity index (χ2v) is 6.66. The van der Waals surface area contributed by atoms with E-state index in [0.29, 0.717) is 25.3 Å². The smallest absolute Gasteiger partial charge is 0.273 e. The molecule has 0 bridgehead atoms. The summed E-state index contributed by atoms with van der Waals surface area (Å²) < 4.78 is 0. The first-order chi connectivity index (χ1) is 10.2. The number of rotatable bonds is 3. The molecule has 0 atom stereocenters. The third-order valence-electron chi connectivity index (χ3n) is 3.39. The Bertz CT molecular complexity index is 630. The number of thiazole rings is 2. The molecule has 0 unspecified atom stereocenters. The summed E-state index contributed by atoms with van der Waals surface area (Å²) in [6.07, 6.45) is 0. The van der Waals surface area contributed by atoms with Gasteiger partial charge in [0.1, 0.15) is 10.7 Å². The lowest BCUT2D eigenvalue weighted by Crippen LogP contribution is -2.48. The van der Waals surface area contributed by atoms with Crippen molar-refractivity contribution in [2.24, 2.45) is 5.73 Å². The quantitative estimate of drug-likeness (QED) is 0.922. The Morgan fingerprint density at radius 3 is 2.57 bits per heavy atom. The standard InChI is InChI=1S/C13H17N5OS2/c1-9-7-21-13(15-9)18-4-2-17(3-5-18)12(19)10-8-20-11(6-14)16-10/h7-8H,2-6,14H2,1H3. The maximum atomic E-state index is 12.4. The van der Waals surface area contributed by atoms with Crippen molar-refractivity contribution >= 4 is 33.7 Å². The van der Waals surface area contributed by atoms with Crippen LogP contribution in [0.25, 0.3) is 0 Å². The zero-order valence-electron chi connectivity index (χ0n) is 11.8. The van der Waals surface area contributed by atoms with Crippen molar-refractivity contribution in [1.82, 2.24) is 14.9 Å². The minimum atomic E-state index is 0.000851. The van der Waals surface area contributed by atoms with Crippen LogP contribution in [-0.2, 0) is 6.54 Å². The molecule has 1 aliphatic heterocycles. The normalized spacial score (nSPS) is 15.5. The summed E-state index contributed by atoms with van der Waals surface area (Å²) in [4.78, 5) is 25.2. The Morgan fingerprint density at radius 1 is 1.24 bits per heavy atom. The fraction of sp³-hybridized carbons (Fsp3) is 0.462. The van der Waals surface area contributed by atoms with Gasteiger partial charge < -0.3 is 15.5 Å². The van der Waals surface area contributed by atoms with Crippen LogP contribution in [0, 0.1) is 6.92 Å². The van der Waals surface area contributed by atoms with Gasteiger partial charge in [-0.25, -0.2) is 9.97 Å². The van der Waals surface area contributed by atoms with Crippen molar-refractivity contribution in [3.63, 3.8) is 0 Å². The second-order valence-electron chi connectivity index (χ2n) is 4.88. The Hall–Kier alpha value is -1.51.